The van der Waals surface area contributed by atoms with Crippen LogP contribution >= 0.6 is 0 Å². The molecule has 1 atom stereocenters. The highest BCUT2D eigenvalue weighted by Gasteiger charge is 2.18. The minimum absolute atomic E-state index is 0.391. The van der Waals surface area contributed by atoms with Crippen molar-refractivity contribution < 1.29 is 9.84 Å². The van der Waals surface area contributed by atoms with E-state index in [-0.39, 0.29) is 0 Å². The van der Waals surface area contributed by atoms with Gasteiger partial charge in [-0.15, -0.1) is 0 Å². The molecule has 0 aliphatic carbocycles. The molecule has 1 aliphatic rings. The number of nitrogens with zero attached hydrogens (tertiary/aromatic N) is 4. The summed E-state index contributed by atoms with van der Waals surface area (Å²) in [6.07, 6.45) is 1.71. The molecule has 4 rings (SSSR count). The fourth-order valence-electron chi connectivity index (χ4n) is 3.93. The average Bonchev–Trinajstić information content (AvgIpc) is 3.19. The molecule has 1 aromatic heterocycles. The summed E-state index contributed by atoms with van der Waals surface area (Å²) in [5.41, 5.74) is 4.26. The van der Waals surface area contributed by atoms with E-state index in [0.29, 0.717) is 13.1 Å². The van der Waals surface area contributed by atoms with Gasteiger partial charge in [-0.1, -0.05) is 48.5 Å². The summed E-state index contributed by atoms with van der Waals surface area (Å²) in [6.45, 7) is 5.30. The van der Waals surface area contributed by atoms with Crippen molar-refractivity contribution in [1.82, 2.24) is 19.6 Å². The van der Waals surface area contributed by atoms with Crippen LogP contribution in [0.1, 0.15) is 5.56 Å². The molecule has 2 aromatic carbocycles. The van der Waals surface area contributed by atoms with Gasteiger partial charge in [-0.2, -0.15) is 5.10 Å². The third-order valence-corrected chi connectivity index (χ3v) is 5.39. The fraction of sp³-hybridized carbons (Fsp3) is 0.375. The summed E-state index contributed by atoms with van der Waals surface area (Å²) in [5.74, 6) is 0. The number of rotatable bonds is 8. The summed E-state index contributed by atoms with van der Waals surface area (Å²) < 4.78 is 7.33. The van der Waals surface area contributed by atoms with E-state index < -0.39 is 6.10 Å². The smallest absolute Gasteiger partial charge is 0.0972 e. The lowest BCUT2D eigenvalue weighted by molar-refractivity contribution is 0.00826. The van der Waals surface area contributed by atoms with Crippen molar-refractivity contribution in [2.24, 2.45) is 0 Å². The Hall–Kier alpha value is -2.51. The lowest BCUT2D eigenvalue weighted by Crippen LogP contribution is -2.43. The number of ether oxygens (including phenoxy) is 1. The van der Waals surface area contributed by atoms with Crippen molar-refractivity contribution in [2.75, 3.05) is 46.4 Å². The number of benzene rings is 2. The molecule has 2 heterocycles. The van der Waals surface area contributed by atoms with E-state index in [1.807, 2.05) is 41.1 Å². The largest absolute Gasteiger partial charge is 0.390 e. The highest BCUT2D eigenvalue weighted by Crippen LogP contribution is 2.24. The normalized spacial score (nSPS) is 16.1. The highest BCUT2D eigenvalue weighted by atomic mass is 16.5. The molecule has 1 unspecified atom stereocenters. The third kappa shape index (κ3) is 5.34. The van der Waals surface area contributed by atoms with Crippen LogP contribution in [0.3, 0.4) is 0 Å². The van der Waals surface area contributed by atoms with Gasteiger partial charge in [0, 0.05) is 50.0 Å². The Morgan fingerprint density at radius 3 is 2.40 bits per heavy atom. The second kappa shape index (κ2) is 10.00. The number of aliphatic hydroxyl groups excluding tert-OH is 1. The van der Waals surface area contributed by atoms with E-state index in [1.165, 1.54) is 0 Å². The zero-order chi connectivity index (χ0) is 20.8. The van der Waals surface area contributed by atoms with Crippen LogP contribution in [0.15, 0.2) is 66.9 Å². The first-order valence-electron chi connectivity index (χ1n) is 10.5. The molecule has 0 bridgehead atoms. The summed E-state index contributed by atoms with van der Waals surface area (Å²) in [5, 5.41) is 15.5. The molecule has 6 nitrogen and oxygen atoms in total. The van der Waals surface area contributed by atoms with Crippen molar-refractivity contribution in [3.63, 3.8) is 0 Å². The molecule has 0 spiro atoms. The predicted octanol–water partition coefficient (Wildman–Crippen LogP) is 2.66. The van der Waals surface area contributed by atoms with Gasteiger partial charge in [-0.25, -0.2) is 4.68 Å². The van der Waals surface area contributed by atoms with Gasteiger partial charge in [0.25, 0.3) is 0 Å². The van der Waals surface area contributed by atoms with Crippen LogP contribution in [0.2, 0.25) is 0 Å². The van der Waals surface area contributed by atoms with Gasteiger partial charge in [0.15, 0.2) is 0 Å². The van der Waals surface area contributed by atoms with Crippen LogP contribution in [0.4, 0.5) is 0 Å². The molecule has 0 amide bonds. The second-order valence-corrected chi connectivity index (χ2v) is 7.91. The maximum Gasteiger partial charge on any atom is 0.0972 e. The molecular weight excluding hydrogens is 376 g/mol. The van der Waals surface area contributed by atoms with Crippen LogP contribution in [0.5, 0.6) is 0 Å². The SMILES string of the molecule is CN(Cc1cn(-c2ccccc2)nc1-c1ccccc1)CC(O)CN1CCOCC1. The van der Waals surface area contributed by atoms with Crippen LogP contribution in [0, 0.1) is 0 Å². The zero-order valence-corrected chi connectivity index (χ0v) is 17.5. The van der Waals surface area contributed by atoms with Crippen molar-refractivity contribution >= 4 is 0 Å². The molecule has 0 radical (unpaired) electrons. The number of aromatic nitrogens is 2. The first kappa shape index (κ1) is 20.8. The Kier molecular flexibility index (Phi) is 6.92. The summed E-state index contributed by atoms with van der Waals surface area (Å²) in [4.78, 5) is 4.44. The maximum atomic E-state index is 10.6. The Balaban J connectivity index is 1.48. The zero-order valence-electron chi connectivity index (χ0n) is 17.5. The van der Waals surface area contributed by atoms with Gasteiger partial charge in [0.05, 0.1) is 30.7 Å². The molecule has 1 aliphatic heterocycles. The first-order chi connectivity index (χ1) is 14.7. The van der Waals surface area contributed by atoms with Gasteiger partial charge < -0.3 is 9.84 Å². The third-order valence-electron chi connectivity index (χ3n) is 5.39. The first-order valence-corrected chi connectivity index (χ1v) is 10.5. The number of hydrogen-bond acceptors (Lipinski definition) is 5. The van der Waals surface area contributed by atoms with Crippen LogP contribution in [-0.2, 0) is 11.3 Å². The number of aliphatic hydroxyl groups is 1. The van der Waals surface area contributed by atoms with E-state index in [4.69, 9.17) is 9.84 Å². The second-order valence-electron chi connectivity index (χ2n) is 7.91. The molecule has 158 valence electrons. The standard InChI is InChI=1S/C24H30N4O2/c1-26(18-23(29)19-27-12-14-30-15-13-27)16-21-17-28(22-10-6-3-7-11-22)25-24(21)20-8-4-2-5-9-20/h2-11,17,23,29H,12-16,18-19H2,1H3. The average molecular weight is 407 g/mol. The molecule has 6 heteroatoms. The Morgan fingerprint density at radius 1 is 1.03 bits per heavy atom. The number of likely N-dealkylation sites (N-methyl/N-ethyl adjacent to an activating group) is 1. The molecule has 1 saturated heterocycles. The van der Waals surface area contributed by atoms with Gasteiger partial charge in [-0.3, -0.25) is 9.80 Å². The van der Waals surface area contributed by atoms with E-state index in [9.17, 15) is 5.11 Å². The Bertz CT molecular complexity index is 907. The van der Waals surface area contributed by atoms with Crippen LogP contribution in [0.25, 0.3) is 16.9 Å². The minimum Gasteiger partial charge on any atom is -0.390 e. The number of hydrogen-bond donors (Lipinski definition) is 1. The summed E-state index contributed by atoms with van der Waals surface area (Å²) >= 11 is 0. The molecule has 0 saturated carbocycles. The topological polar surface area (TPSA) is 53.8 Å². The molecule has 3 aromatic rings. The summed E-state index contributed by atoms with van der Waals surface area (Å²) in [6, 6.07) is 20.4. The molecule has 1 fully saturated rings. The minimum atomic E-state index is -0.391. The van der Waals surface area contributed by atoms with Gasteiger partial charge in [0.2, 0.25) is 0 Å². The monoisotopic (exact) mass is 406 g/mol. The molecular formula is C24H30N4O2. The Morgan fingerprint density at radius 2 is 1.70 bits per heavy atom. The summed E-state index contributed by atoms with van der Waals surface area (Å²) in [7, 11) is 2.05. The van der Waals surface area contributed by atoms with Crippen molar-refractivity contribution in [1.29, 1.82) is 0 Å². The van der Waals surface area contributed by atoms with Crippen LogP contribution in [-0.4, -0.2) is 77.2 Å². The van der Waals surface area contributed by atoms with Gasteiger partial charge in [0.1, 0.15) is 0 Å². The fourth-order valence-corrected chi connectivity index (χ4v) is 3.93. The number of β-amino-alcohol motifs (C(OH)–C–C–N with tert-alkyl or cyclic N) is 1. The highest BCUT2D eigenvalue weighted by molar-refractivity contribution is 5.63. The van der Waals surface area contributed by atoms with Crippen molar-refractivity contribution in [2.45, 2.75) is 12.6 Å². The quantitative estimate of drug-likeness (QED) is 0.623. The van der Waals surface area contributed by atoms with Gasteiger partial charge in [-0.05, 0) is 19.2 Å². The van der Waals surface area contributed by atoms with Crippen molar-refractivity contribution in [3.8, 4) is 16.9 Å². The Labute approximate surface area is 178 Å². The van der Waals surface area contributed by atoms with E-state index in [2.05, 4.69) is 47.3 Å². The molecule has 30 heavy (non-hydrogen) atoms. The van der Waals surface area contributed by atoms with E-state index in [0.717, 1.165) is 55.4 Å². The molecule has 1 N–H and O–H groups in total. The predicted molar refractivity (Wildman–Crippen MR) is 119 cm³/mol. The maximum absolute atomic E-state index is 10.6. The van der Waals surface area contributed by atoms with Crippen LogP contribution < -0.4 is 0 Å². The van der Waals surface area contributed by atoms with E-state index >= 15 is 0 Å². The number of morpholine rings is 1. The lowest BCUT2D eigenvalue weighted by Gasteiger charge is -2.30. The van der Waals surface area contributed by atoms with Crippen molar-refractivity contribution in [3.05, 3.63) is 72.4 Å². The lowest BCUT2D eigenvalue weighted by atomic mass is 10.1. The number of para-hydroxylation sites is 1. The van der Waals surface area contributed by atoms with E-state index in [1.54, 1.807) is 0 Å². The van der Waals surface area contributed by atoms with Gasteiger partial charge >= 0.3 is 0 Å².